The first-order chi connectivity index (χ1) is 10.8. The highest BCUT2D eigenvalue weighted by Crippen LogP contribution is 2.34. The number of piperidine rings is 1. The van der Waals surface area contributed by atoms with E-state index in [0.29, 0.717) is 6.54 Å². The Morgan fingerprint density at radius 3 is 2.39 bits per heavy atom. The molecule has 0 radical (unpaired) electrons. The molecule has 0 bridgehead atoms. The molecule has 0 spiro atoms. The summed E-state index contributed by atoms with van der Waals surface area (Å²) in [6, 6.07) is 9.34. The molecule has 126 valence electrons. The first-order valence-electron chi connectivity index (χ1n) is 8.00. The minimum atomic E-state index is -0.563. The van der Waals surface area contributed by atoms with Crippen LogP contribution in [0.1, 0.15) is 52.1 Å². The number of hydrogen-bond donors (Lipinski definition) is 0. The Hall–Kier alpha value is -2.04. The van der Waals surface area contributed by atoms with Gasteiger partial charge >= 0.3 is 12.1 Å². The van der Waals surface area contributed by atoms with Gasteiger partial charge in [0.15, 0.2) is 0 Å². The third-order valence-electron chi connectivity index (χ3n) is 3.66. The van der Waals surface area contributed by atoms with Crippen LogP contribution in [-0.2, 0) is 14.3 Å². The van der Waals surface area contributed by atoms with E-state index in [4.69, 9.17) is 9.47 Å². The lowest BCUT2D eigenvalue weighted by Gasteiger charge is -2.41. The number of carbonyl (C=O) groups excluding carboxylic acids is 2. The summed E-state index contributed by atoms with van der Waals surface area (Å²) in [7, 11) is 0. The van der Waals surface area contributed by atoms with Gasteiger partial charge in [0.2, 0.25) is 0 Å². The summed E-state index contributed by atoms with van der Waals surface area (Å²) < 4.78 is 11.0. The molecule has 2 atom stereocenters. The number of benzene rings is 1. The third-order valence-corrected chi connectivity index (χ3v) is 3.66. The van der Waals surface area contributed by atoms with Crippen LogP contribution in [0, 0.1) is 0 Å². The fourth-order valence-corrected chi connectivity index (χ4v) is 2.87. The lowest BCUT2D eigenvalue weighted by Crippen LogP contribution is -2.48. The minimum absolute atomic E-state index is 0.316. The van der Waals surface area contributed by atoms with Crippen molar-refractivity contribution in [1.82, 2.24) is 4.90 Å². The SMILES string of the molecule is CC(=O)O[C@@H]1CCCN(C(=O)OC(C)(C)C)[C@H]1c1ccccc1. The Morgan fingerprint density at radius 2 is 1.83 bits per heavy atom. The number of amides is 1. The van der Waals surface area contributed by atoms with E-state index in [9.17, 15) is 9.59 Å². The predicted molar refractivity (Wildman–Crippen MR) is 86.9 cm³/mol. The number of likely N-dealkylation sites (tertiary alicyclic amines) is 1. The maximum Gasteiger partial charge on any atom is 0.410 e. The second kappa shape index (κ2) is 7.02. The molecule has 1 heterocycles. The summed E-state index contributed by atoms with van der Waals surface area (Å²) in [5.41, 5.74) is 0.386. The van der Waals surface area contributed by atoms with Crippen molar-refractivity contribution in [2.75, 3.05) is 6.54 Å². The fraction of sp³-hybridized carbons (Fsp3) is 0.556. The number of rotatable bonds is 2. The first kappa shape index (κ1) is 17.3. The third kappa shape index (κ3) is 4.71. The van der Waals surface area contributed by atoms with Crippen molar-refractivity contribution in [3.63, 3.8) is 0 Å². The molecule has 1 aliphatic rings. The summed E-state index contributed by atoms with van der Waals surface area (Å²) in [6.07, 6.45) is 0.790. The van der Waals surface area contributed by atoms with Crippen LogP contribution in [0.5, 0.6) is 0 Å². The van der Waals surface area contributed by atoms with Gasteiger partial charge in [-0.1, -0.05) is 30.3 Å². The molecule has 23 heavy (non-hydrogen) atoms. The Kier molecular flexibility index (Phi) is 5.29. The topological polar surface area (TPSA) is 55.8 Å². The number of esters is 1. The largest absolute Gasteiger partial charge is 0.460 e. The maximum absolute atomic E-state index is 12.6. The van der Waals surface area contributed by atoms with E-state index in [-0.39, 0.29) is 24.2 Å². The lowest BCUT2D eigenvalue weighted by atomic mass is 9.92. The van der Waals surface area contributed by atoms with Gasteiger partial charge in [0.1, 0.15) is 11.7 Å². The van der Waals surface area contributed by atoms with E-state index < -0.39 is 5.60 Å². The van der Waals surface area contributed by atoms with Crippen molar-refractivity contribution in [3.05, 3.63) is 35.9 Å². The van der Waals surface area contributed by atoms with Crippen LogP contribution in [0.2, 0.25) is 0 Å². The molecule has 1 aliphatic heterocycles. The molecule has 1 aromatic carbocycles. The quantitative estimate of drug-likeness (QED) is 0.780. The van der Waals surface area contributed by atoms with Crippen LogP contribution < -0.4 is 0 Å². The maximum atomic E-state index is 12.6. The highest BCUT2D eigenvalue weighted by molar-refractivity contribution is 5.70. The molecule has 2 rings (SSSR count). The van der Waals surface area contributed by atoms with Crippen molar-refractivity contribution in [2.45, 2.75) is 58.3 Å². The Labute approximate surface area is 137 Å². The van der Waals surface area contributed by atoms with Crippen molar-refractivity contribution >= 4 is 12.1 Å². The van der Waals surface area contributed by atoms with Crippen LogP contribution in [0.15, 0.2) is 30.3 Å². The minimum Gasteiger partial charge on any atom is -0.460 e. The van der Waals surface area contributed by atoms with Crippen molar-refractivity contribution < 1.29 is 19.1 Å². The average Bonchev–Trinajstić information content (AvgIpc) is 2.45. The normalized spacial score (nSPS) is 21.7. The van der Waals surface area contributed by atoms with Gasteiger partial charge in [-0.2, -0.15) is 0 Å². The Bertz CT molecular complexity index is 550. The molecule has 1 amide bonds. The van der Waals surface area contributed by atoms with Gasteiger partial charge in [-0.15, -0.1) is 0 Å². The van der Waals surface area contributed by atoms with Crippen LogP contribution in [-0.4, -0.2) is 35.2 Å². The van der Waals surface area contributed by atoms with Gasteiger partial charge < -0.3 is 9.47 Å². The molecule has 0 aliphatic carbocycles. The zero-order valence-corrected chi connectivity index (χ0v) is 14.2. The van der Waals surface area contributed by atoms with E-state index in [2.05, 4.69) is 0 Å². The highest BCUT2D eigenvalue weighted by atomic mass is 16.6. The van der Waals surface area contributed by atoms with Gasteiger partial charge in [-0.05, 0) is 39.2 Å². The summed E-state index contributed by atoms with van der Waals surface area (Å²) >= 11 is 0. The number of carbonyl (C=O) groups is 2. The smallest absolute Gasteiger partial charge is 0.410 e. The lowest BCUT2D eigenvalue weighted by molar-refractivity contribution is -0.152. The van der Waals surface area contributed by atoms with Gasteiger partial charge in [0, 0.05) is 13.5 Å². The predicted octanol–water partition coefficient (Wildman–Crippen LogP) is 3.69. The van der Waals surface area contributed by atoms with Gasteiger partial charge in [-0.3, -0.25) is 9.69 Å². The van der Waals surface area contributed by atoms with Gasteiger partial charge in [-0.25, -0.2) is 4.79 Å². The summed E-state index contributed by atoms with van der Waals surface area (Å²) in [5, 5.41) is 0. The Morgan fingerprint density at radius 1 is 1.17 bits per heavy atom. The van der Waals surface area contributed by atoms with E-state index in [1.807, 2.05) is 51.1 Å². The summed E-state index contributed by atoms with van der Waals surface area (Å²) in [4.78, 5) is 25.7. The first-order valence-corrected chi connectivity index (χ1v) is 8.00. The van der Waals surface area contributed by atoms with E-state index in [1.165, 1.54) is 6.92 Å². The standard InChI is InChI=1S/C18H25NO4/c1-13(20)22-15-11-8-12-19(17(21)23-18(2,3)4)16(15)14-9-6-5-7-10-14/h5-7,9-10,15-16H,8,11-12H2,1-4H3/t15-,16+/m1/s1. The van der Waals surface area contributed by atoms with Crippen LogP contribution >= 0.6 is 0 Å². The molecular formula is C18H25NO4. The fourth-order valence-electron chi connectivity index (χ4n) is 2.87. The molecule has 1 fully saturated rings. The number of nitrogens with zero attached hydrogens (tertiary/aromatic N) is 1. The van der Waals surface area contributed by atoms with Crippen LogP contribution in [0.3, 0.4) is 0 Å². The number of hydrogen-bond acceptors (Lipinski definition) is 4. The zero-order chi connectivity index (χ0) is 17.0. The molecule has 5 nitrogen and oxygen atoms in total. The van der Waals surface area contributed by atoms with Gasteiger partial charge in [0.05, 0.1) is 6.04 Å². The molecule has 0 unspecified atom stereocenters. The molecular weight excluding hydrogens is 294 g/mol. The molecule has 5 heteroatoms. The molecule has 0 N–H and O–H groups in total. The molecule has 0 saturated carbocycles. The van der Waals surface area contributed by atoms with Crippen LogP contribution in [0.4, 0.5) is 4.79 Å². The van der Waals surface area contributed by atoms with Gasteiger partial charge in [0.25, 0.3) is 0 Å². The Balaban J connectivity index is 2.30. The van der Waals surface area contributed by atoms with Crippen molar-refractivity contribution in [2.24, 2.45) is 0 Å². The second-order valence-electron chi connectivity index (χ2n) is 6.82. The average molecular weight is 319 g/mol. The zero-order valence-electron chi connectivity index (χ0n) is 14.2. The van der Waals surface area contributed by atoms with Crippen molar-refractivity contribution in [1.29, 1.82) is 0 Å². The summed E-state index contributed by atoms with van der Waals surface area (Å²) in [6.45, 7) is 7.52. The molecule has 0 aromatic heterocycles. The van der Waals surface area contributed by atoms with E-state index in [0.717, 1.165) is 18.4 Å². The molecule has 1 saturated heterocycles. The monoisotopic (exact) mass is 319 g/mol. The van der Waals surface area contributed by atoms with E-state index >= 15 is 0 Å². The van der Waals surface area contributed by atoms with E-state index in [1.54, 1.807) is 4.90 Å². The van der Waals surface area contributed by atoms with Crippen LogP contribution in [0.25, 0.3) is 0 Å². The summed E-state index contributed by atoms with van der Waals surface area (Å²) in [5.74, 6) is -0.332. The molecule has 1 aromatic rings. The second-order valence-corrected chi connectivity index (χ2v) is 6.82. The highest BCUT2D eigenvalue weighted by Gasteiger charge is 2.39. The number of ether oxygens (including phenoxy) is 2. The van der Waals surface area contributed by atoms with Crippen molar-refractivity contribution in [3.8, 4) is 0 Å².